The number of hydrogen-bond donors (Lipinski definition) is 3. The molecule has 0 aliphatic rings. The van der Waals surface area contributed by atoms with Crippen LogP contribution in [0.4, 0.5) is 11.5 Å². The Hall–Kier alpha value is -4.01. The van der Waals surface area contributed by atoms with Gasteiger partial charge < -0.3 is 10.2 Å². The molecule has 0 unspecified atom stereocenters. The highest BCUT2D eigenvalue weighted by Crippen LogP contribution is 2.27. The van der Waals surface area contributed by atoms with E-state index in [0.717, 1.165) is 0 Å². The van der Waals surface area contributed by atoms with Crippen molar-refractivity contribution in [2.24, 2.45) is 5.10 Å². The van der Waals surface area contributed by atoms with Crippen molar-refractivity contribution in [1.82, 2.24) is 9.97 Å². The molecule has 9 heteroatoms. The topological polar surface area (TPSA) is 134 Å². The van der Waals surface area contributed by atoms with Crippen molar-refractivity contribution >= 4 is 17.7 Å². The molecule has 2 aromatic carbocycles. The third-order valence-electron chi connectivity index (χ3n) is 3.60. The highest BCUT2D eigenvalue weighted by atomic mass is 16.6. The van der Waals surface area contributed by atoms with Gasteiger partial charge in [0.25, 0.3) is 5.69 Å². The summed E-state index contributed by atoms with van der Waals surface area (Å²) in [6.45, 7) is 1.77. The van der Waals surface area contributed by atoms with E-state index in [1.165, 1.54) is 30.5 Å². The molecular formula is C18H15N5O4. The van der Waals surface area contributed by atoms with Gasteiger partial charge in [0.15, 0.2) is 11.6 Å². The van der Waals surface area contributed by atoms with E-state index in [1.807, 2.05) is 0 Å². The molecule has 0 aliphatic heterocycles. The Bertz CT molecular complexity index is 1040. The molecule has 0 atom stereocenters. The zero-order valence-corrected chi connectivity index (χ0v) is 14.2. The third-order valence-corrected chi connectivity index (χ3v) is 3.60. The molecule has 3 aromatic rings. The Morgan fingerprint density at radius 3 is 2.63 bits per heavy atom. The standard InChI is InChI=1S/C18H15N5O4/c1-11-8-17(21-18(20-11)14-4-2-3-5-16(14)25)22-19-10-12-9-13(23(26)27)6-7-15(12)24/h2-10,24-25H,1H3,(H,20,21,22)/b19-10+. The Labute approximate surface area is 153 Å². The number of hydrogen-bond acceptors (Lipinski definition) is 8. The highest BCUT2D eigenvalue weighted by molar-refractivity contribution is 5.84. The summed E-state index contributed by atoms with van der Waals surface area (Å²) in [7, 11) is 0. The molecule has 1 aromatic heterocycles. The van der Waals surface area contributed by atoms with E-state index in [0.29, 0.717) is 22.9 Å². The number of phenols is 2. The lowest BCUT2D eigenvalue weighted by Crippen LogP contribution is -1.99. The van der Waals surface area contributed by atoms with Gasteiger partial charge >= 0.3 is 0 Å². The number of benzene rings is 2. The minimum absolute atomic E-state index is 0.0547. The smallest absolute Gasteiger partial charge is 0.270 e. The minimum atomic E-state index is -0.559. The predicted octanol–water partition coefficient (Wildman–Crippen LogP) is 3.22. The summed E-state index contributed by atoms with van der Waals surface area (Å²) in [6.07, 6.45) is 1.25. The normalized spacial score (nSPS) is 10.9. The number of aromatic hydroxyl groups is 2. The van der Waals surface area contributed by atoms with Gasteiger partial charge in [-0.1, -0.05) is 12.1 Å². The first kappa shape index (κ1) is 17.8. The number of non-ortho nitro benzene ring substituents is 1. The van der Waals surface area contributed by atoms with Gasteiger partial charge in [0.1, 0.15) is 11.5 Å². The van der Waals surface area contributed by atoms with Crippen LogP contribution in [0.2, 0.25) is 0 Å². The second-order valence-corrected chi connectivity index (χ2v) is 5.61. The van der Waals surface area contributed by atoms with E-state index < -0.39 is 4.92 Å². The van der Waals surface area contributed by atoms with Crippen LogP contribution in [0.5, 0.6) is 11.5 Å². The molecule has 0 bridgehead atoms. The van der Waals surface area contributed by atoms with Crippen LogP contribution in [0.1, 0.15) is 11.3 Å². The summed E-state index contributed by atoms with van der Waals surface area (Å²) in [5.74, 6) is 0.602. The zero-order chi connectivity index (χ0) is 19.4. The Morgan fingerprint density at radius 1 is 1.11 bits per heavy atom. The molecule has 136 valence electrons. The van der Waals surface area contributed by atoms with Gasteiger partial charge in [-0.05, 0) is 25.1 Å². The van der Waals surface area contributed by atoms with Crippen molar-refractivity contribution in [1.29, 1.82) is 0 Å². The van der Waals surface area contributed by atoms with E-state index in [2.05, 4.69) is 20.5 Å². The maximum Gasteiger partial charge on any atom is 0.270 e. The van der Waals surface area contributed by atoms with Crippen LogP contribution in [-0.4, -0.2) is 31.3 Å². The number of anilines is 1. The first-order valence-corrected chi connectivity index (χ1v) is 7.84. The second kappa shape index (κ2) is 7.48. The van der Waals surface area contributed by atoms with Crippen LogP contribution in [0.15, 0.2) is 53.6 Å². The summed E-state index contributed by atoms with van der Waals surface area (Å²) < 4.78 is 0. The number of nitro groups is 1. The number of nitrogens with zero attached hydrogens (tertiary/aromatic N) is 4. The van der Waals surface area contributed by atoms with E-state index >= 15 is 0 Å². The molecular weight excluding hydrogens is 350 g/mol. The molecule has 0 saturated carbocycles. The van der Waals surface area contributed by atoms with Crippen molar-refractivity contribution in [3.05, 3.63) is 69.9 Å². The van der Waals surface area contributed by atoms with Crippen LogP contribution in [0.25, 0.3) is 11.4 Å². The van der Waals surface area contributed by atoms with Crippen molar-refractivity contribution in [3.63, 3.8) is 0 Å². The fraction of sp³-hybridized carbons (Fsp3) is 0.0556. The molecule has 0 amide bonds. The Kier molecular flexibility index (Phi) is 4.93. The number of hydrazone groups is 1. The van der Waals surface area contributed by atoms with Gasteiger partial charge in [-0.3, -0.25) is 15.5 Å². The Morgan fingerprint density at radius 2 is 1.89 bits per heavy atom. The summed E-state index contributed by atoms with van der Waals surface area (Å²) in [5.41, 5.74) is 3.85. The molecule has 9 nitrogen and oxygen atoms in total. The van der Waals surface area contributed by atoms with Crippen LogP contribution >= 0.6 is 0 Å². The third kappa shape index (κ3) is 4.15. The molecule has 0 spiro atoms. The SMILES string of the molecule is Cc1cc(N/N=C/c2cc([N+](=O)[O-])ccc2O)nc(-c2ccccc2O)n1. The highest BCUT2D eigenvalue weighted by Gasteiger charge is 2.10. The van der Waals surface area contributed by atoms with Crippen molar-refractivity contribution in [2.75, 3.05) is 5.43 Å². The molecule has 0 saturated heterocycles. The molecule has 3 rings (SSSR count). The number of nitrogens with one attached hydrogen (secondary N) is 1. The zero-order valence-electron chi connectivity index (χ0n) is 14.2. The molecule has 27 heavy (non-hydrogen) atoms. The van der Waals surface area contributed by atoms with Crippen molar-refractivity contribution in [3.8, 4) is 22.9 Å². The van der Waals surface area contributed by atoms with Crippen molar-refractivity contribution < 1.29 is 15.1 Å². The Balaban J connectivity index is 1.85. The average Bonchev–Trinajstić information content (AvgIpc) is 2.63. The molecule has 3 N–H and O–H groups in total. The van der Waals surface area contributed by atoms with Gasteiger partial charge in [0.05, 0.1) is 16.7 Å². The lowest BCUT2D eigenvalue weighted by atomic mass is 10.2. The van der Waals surface area contributed by atoms with Crippen LogP contribution in [0, 0.1) is 17.0 Å². The van der Waals surface area contributed by atoms with Crippen LogP contribution in [0.3, 0.4) is 0 Å². The number of nitro benzene ring substituents is 1. The first-order chi connectivity index (χ1) is 12.9. The van der Waals surface area contributed by atoms with Gasteiger partial charge in [-0.2, -0.15) is 5.10 Å². The molecule has 0 radical (unpaired) electrons. The summed E-state index contributed by atoms with van der Waals surface area (Å²) >= 11 is 0. The van der Waals surface area contributed by atoms with E-state index in [-0.39, 0.29) is 22.7 Å². The van der Waals surface area contributed by atoms with Crippen LogP contribution in [-0.2, 0) is 0 Å². The number of aromatic nitrogens is 2. The lowest BCUT2D eigenvalue weighted by Gasteiger charge is -2.07. The second-order valence-electron chi connectivity index (χ2n) is 5.61. The van der Waals surface area contributed by atoms with Gasteiger partial charge in [-0.25, -0.2) is 9.97 Å². The summed E-state index contributed by atoms with van der Waals surface area (Å²) in [6, 6.07) is 12.0. The summed E-state index contributed by atoms with van der Waals surface area (Å²) in [5, 5.41) is 34.5. The number of aryl methyl sites for hydroxylation is 1. The molecule has 0 fully saturated rings. The van der Waals surface area contributed by atoms with Crippen molar-refractivity contribution in [2.45, 2.75) is 6.92 Å². The lowest BCUT2D eigenvalue weighted by molar-refractivity contribution is -0.384. The quantitative estimate of drug-likeness (QED) is 0.359. The number of para-hydroxylation sites is 1. The van der Waals surface area contributed by atoms with Gasteiger partial charge in [-0.15, -0.1) is 0 Å². The molecule has 1 heterocycles. The van der Waals surface area contributed by atoms with E-state index in [9.17, 15) is 20.3 Å². The largest absolute Gasteiger partial charge is 0.507 e. The first-order valence-electron chi connectivity index (χ1n) is 7.84. The minimum Gasteiger partial charge on any atom is -0.507 e. The summed E-state index contributed by atoms with van der Waals surface area (Å²) in [4.78, 5) is 18.9. The van der Waals surface area contributed by atoms with Gasteiger partial charge in [0.2, 0.25) is 0 Å². The average molecular weight is 365 g/mol. The fourth-order valence-electron chi connectivity index (χ4n) is 2.34. The van der Waals surface area contributed by atoms with E-state index in [4.69, 9.17) is 0 Å². The fourth-order valence-corrected chi connectivity index (χ4v) is 2.34. The monoisotopic (exact) mass is 365 g/mol. The van der Waals surface area contributed by atoms with Gasteiger partial charge in [0, 0.05) is 29.5 Å². The molecule has 0 aliphatic carbocycles. The number of phenolic OH excluding ortho intramolecular Hbond substituents is 2. The maximum absolute atomic E-state index is 10.8. The van der Waals surface area contributed by atoms with E-state index in [1.54, 1.807) is 31.2 Å². The van der Waals surface area contributed by atoms with Crippen LogP contribution < -0.4 is 5.43 Å². The maximum atomic E-state index is 10.8. The number of rotatable bonds is 5. The predicted molar refractivity (Wildman–Crippen MR) is 99.8 cm³/mol.